The number of rotatable bonds is 5. The van der Waals surface area contributed by atoms with Crippen molar-refractivity contribution in [3.05, 3.63) is 48.0 Å². The summed E-state index contributed by atoms with van der Waals surface area (Å²) in [5.74, 6) is 0.878. The van der Waals surface area contributed by atoms with E-state index < -0.39 is 9.84 Å². The van der Waals surface area contributed by atoms with E-state index in [0.717, 1.165) is 11.4 Å². The van der Waals surface area contributed by atoms with E-state index in [2.05, 4.69) is 15.3 Å². The second-order valence-electron chi connectivity index (χ2n) is 4.06. The summed E-state index contributed by atoms with van der Waals surface area (Å²) in [7, 11) is -3.11. The fourth-order valence-corrected chi connectivity index (χ4v) is 2.20. The highest BCUT2D eigenvalue weighted by molar-refractivity contribution is 7.90. The molecule has 2 N–H and O–H groups in total. The van der Waals surface area contributed by atoms with Crippen molar-refractivity contribution < 1.29 is 8.42 Å². The predicted octanol–water partition coefficient (Wildman–Crippen LogP) is 1.10. The Morgan fingerprint density at radius 3 is 2.50 bits per heavy atom. The number of imidazole rings is 1. The first kappa shape index (κ1) is 12.8. The lowest BCUT2D eigenvalue weighted by Crippen LogP contribution is -2.13. The van der Waals surface area contributed by atoms with Crippen molar-refractivity contribution in [2.45, 2.75) is 18.0 Å². The van der Waals surface area contributed by atoms with Gasteiger partial charge >= 0.3 is 0 Å². The summed E-state index contributed by atoms with van der Waals surface area (Å²) < 4.78 is 22.6. The van der Waals surface area contributed by atoms with Crippen LogP contribution in [0.3, 0.4) is 0 Å². The summed E-state index contributed by atoms with van der Waals surface area (Å²) in [6, 6.07) is 6.87. The molecule has 1 aromatic heterocycles. The Bertz CT molecular complexity index is 589. The summed E-state index contributed by atoms with van der Waals surface area (Å²) in [5.41, 5.74) is 1.04. The minimum Gasteiger partial charge on any atom is -0.348 e. The van der Waals surface area contributed by atoms with Crippen LogP contribution < -0.4 is 5.32 Å². The lowest BCUT2D eigenvalue weighted by molar-refractivity contribution is 0.601. The molecule has 1 heterocycles. The minimum absolute atomic E-state index is 0.345. The Morgan fingerprint density at radius 2 is 1.94 bits per heavy atom. The van der Waals surface area contributed by atoms with Gasteiger partial charge in [0.2, 0.25) is 0 Å². The number of H-pyrrole nitrogens is 1. The fourth-order valence-electron chi connectivity index (χ4n) is 1.57. The van der Waals surface area contributed by atoms with Crippen LogP contribution in [0.5, 0.6) is 0 Å². The molecule has 0 radical (unpaired) electrons. The molecule has 5 nitrogen and oxygen atoms in total. The maximum Gasteiger partial charge on any atom is 0.175 e. The van der Waals surface area contributed by atoms with Crippen LogP contribution in [0.4, 0.5) is 0 Å². The molecule has 6 heteroatoms. The SMILES string of the molecule is CS(=O)(=O)c1ccc(CNCc2ncc[nH]2)cc1. The van der Waals surface area contributed by atoms with Gasteiger partial charge in [-0.05, 0) is 17.7 Å². The molecular formula is C12H15N3O2S. The number of sulfone groups is 1. The summed E-state index contributed by atoms with van der Waals surface area (Å²) in [5, 5.41) is 3.22. The summed E-state index contributed by atoms with van der Waals surface area (Å²) in [6.45, 7) is 1.32. The van der Waals surface area contributed by atoms with Crippen molar-refractivity contribution in [1.29, 1.82) is 0 Å². The monoisotopic (exact) mass is 265 g/mol. The highest BCUT2D eigenvalue weighted by atomic mass is 32.2. The number of benzene rings is 1. The van der Waals surface area contributed by atoms with Crippen LogP contribution in [0.2, 0.25) is 0 Å². The second-order valence-corrected chi connectivity index (χ2v) is 6.07. The molecule has 1 aromatic carbocycles. The highest BCUT2D eigenvalue weighted by Gasteiger charge is 2.05. The fraction of sp³-hybridized carbons (Fsp3) is 0.250. The van der Waals surface area contributed by atoms with E-state index in [9.17, 15) is 8.42 Å². The Morgan fingerprint density at radius 1 is 1.22 bits per heavy atom. The van der Waals surface area contributed by atoms with Gasteiger partial charge in [-0.1, -0.05) is 12.1 Å². The van der Waals surface area contributed by atoms with E-state index in [0.29, 0.717) is 18.0 Å². The molecule has 0 unspecified atom stereocenters. The lowest BCUT2D eigenvalue weighted by Gasteiger charge is -2.04. The second kappa shape index (κ2) is 5.32. The third-order valence-electron chi connectivity index (χ3n) is 2.53. The van der Waals surface area contributed by atoms with Gasteiger partial charge in [0.1, 0.15) is 5.82 Å². The number of hydrogen-bond acceptors (Lipinski definition) is 4. The van der Waals surface area contributed by atoms with Gasteiger partial charge in [-0.15, -0.1) is 0 Å². The van der Waals surface area contributed by atoms with Gasteiger partial charge in [-0.3, -0.25) is 0 Å². The average Bonchev–Trinajstić information content (AvgIpc) is 2.82. The largest absolute Gasteiger partial charge is 0.348 e. The first-order valence-corrected chi connectivity index (χ1v) is 7.43. The Hall–Kier alpha value is -1.66. The molecule has 0 saturated carbocycles. The molecule has 2 aromatic rings. The third kappa shape index (κ3) is 3.41. The standard InChI is InChI=1S/C12H15N3O2S/c1-18(16,17)11-4-2-10(3-5-11)8-13-9-12-14-6-7-15-12/h2-7,13H,8-9H2,1H3,(H,14,15). The van der Waals surface area contributed by atoms with E-state index >= 15 is 0 Å². The van der Waals surface area contributed by atoms with Crippen LogP contribution in [0, 0.1) is 0 Å². The van der Waals surface area contributed by atoms with Crippen molar-refractivity contribution >= 4 is 9.84 Å². The zero-order valence-electron chi connectivity index (χ0n) is 10.1. The van der Waals surface area contributed by atoms with E-state index in [1.54, 1.807) is 24.5 Å². The Labute approximate surface area is 106 Å². The minimum atomic E-state index is -3.11. The highest BCUT2D eigenvalue weighted by Crippen LogP contribution is 2.10. The van der Waals surface area contributed by atoms with Crippen LogP contribution in [-0.2, 0) is 22.9 Å². The lowest BCUT2D eigenvalue weighted by atomic mass is 10.2. The topological polar surface area (TPSA) is 74.8 Å². The third-order valence-corrected chi connectivity index (χ3v) is 3.66. The maximum absolute atomic E-state index is 11.3. The predicted molar refractivity (Wildman–Crippen MR) is 68.7 cm³/mol. The molecule has 0 spiro atoms. The van der Waals surface area contributed by atoms with Crippen molar-refractivity contribution in [2.24, 2.45) is 0 Å². The summed E-state index contributed by atoms with van der Waals surface area (Å²) in [4.78, 5) is 7.44. The molecule has 96 valence electrons. The molecule has 0 aliphatic rings. The number of aromatic amines is 1. The summed E-state index contributed by atoms with van der Waals surface area (Å²) >= 11 is 0. The number of hydrogen-bond donors (Lipinski definition) is 2. The van der Waals surface area contributed by atoms with Gasteiger partial charge in [0.05, 0.1) is 11.4 Å². The normalized spacial score (nSPS) is 11.6. The van der Waals surface area contributed by atoms with Crippen molar-refractivity contribution in [2.75, 3.05) is 6.26 Å². The van der Waals surface area contributed by atoms with E-state index in [-0.39, 0.29) is 0 Å². The quantitative estimate of drug-likeness (QED) is 0.849. The number of nitrogens with zero attached hydrogens (tertiary/aromatic N) is 1. The molecule has 2 rings (SSSR count). The van der Waals surface area contributed by atoms with Gasteiger partial charge < -0.3 is 10.3 Å². The Kier molecular flexibility index (Phi) is 3.78. The zero-order valence-corrected chi connectivity index (χ0v) is 10.9. The zero-order chi connectivity index (χ0) is 13.0. The van der Waals surface area contributed by atoms with Gasteiger partial charge in [-0.25, -0.2) is 13.4 Å². The number of aromatic nitrogens is 2. The van der Waals surface area contributed by atoms with Crippen molar-refractivity contribution in [3.8, 4) is 0 Å². The maximum atomic E-state index is 11.3. The van der Waals surface area contributed by atoms with Gasteiger partial charge in [0, 0.05) is 25.2 Å². The van der Waals surface area contributed by atoms with Crippen LogP contribution in [-0.4, -0.2) is 24.6 Å². The van der Waals surface area contributed by atoms with Crippen LogP contribution in [0.25, 0.3) is 0 Å². The molecule has 0 aliphatic carbocycles. The van der Waals surface area contributed by atoms with E-state index in [1.165, 1.54) is 6.26 Å². The molecule has 0 amide bonds. The van der Waals surface area contributed by atoms with Gasteiger partial charge in [0.15, 0.2) is 9.84 Å². The molecule has 0 saturated heterocycles. The summed E-state index contributed by atoms with van der Waals surface area (Å²) in [6.07, 6.45) is 4.69. The molecule has 0 bridgehead atoms. The van der Waals surface area contributed by atoms with Gasteiger partial charge in [-0.2, -0.15) is 0 Å². The first-order valence-electron chi connectivity index (χ1n) is 5.54. The smallest absolute Gasteiger partial charge is 0.175 e. The van der Waals surface area contributed by atoms with Gasteiger partial charge in [0.25, 0.3) is 0 Å². The molecule has 18 heavy (non-hydrogen) atoms. The van der Waals surface area contributed by atoms with Crippen LogP contribution in [0.1, 0.15) is 11.4 Å². The molecular weight excluding hydrogens is 250 g/mol. The number of nitrogens with one attached hydrogen (secondary N) is 2. The van der Waals surface area contributed by atoms with Crippen LogP contribution in [0.15, 0.2) is 41.6 Å². The Balaban J connectivity index is 1.91. The van der Waals surface area contributed by atoms with E-state index in [1.807, 2.05) is 12.1 Å². The molecule has 0 atom stereocenters. The van der Waals surface area contributed by atoms with Crippen molar-refractivity contribution in [3.63, 3.8) is 0 Å². The van der Waals surface area contributed by atoms with Crippen LogP contribution >= 0.6 is 0 Å². The molecule has 0 aliphatic heterocycles. The average molecular weight is 265 g/mol. The molecule has 0 fully saturated rings. The van der Waals surface area contributed by atoms with Crippen molar-refractivity contribution in [1.82, 2.24) is 15.3 Å². The first-order chi connectivity index (χ1) is 8.55. The van der Waals surface area contributed by atoms with E-state index in [4.69, 9.17) is 0 Å².